The van der Waals surface area contributed by atoms with Crippen LogP contribution in [0.1, 0.15) is 37.9 Å². The van der Waals surface area contributed by atoms with Crippen LogP contribution in [0.3, 0.4) is 0 Å². The monoisotopic (exact) mass is 294 g/mol. The maximum absolute atomic E-state index is 11.8. The largest absolute Gasteiger partial charge is 0.367 e. The molecule has 1 aliphatic heterocycles. The molecule has 0 spiro atoms. The zero-order valence-electron chi connectivity index (χ0n) is 12.1. The molecule has 0 bridgehead atoms. The van der Waals surface area contributed by atoms with E-state index in [2.05, 4.69) is 20.5 Å². The third-order valence-corrected chi connectivity index (χ3v) is 3.51. The number of anilines is 1. The molecule has 0 saturated carbocycles. The van der Waals surface area contributed by atoms with Crippen LogP contribution in [0, 0.1) is 0 Å². The number of rotatable bonds is 6. The van der Waals surface area contributed by atoms with Gasteiger partial charge in [-0.1, -0.05) is 6.42 Å². The van der Waals surface area contributed by atoms with Gasteiger partial charge < -0.3 is 16.0 Å². The number of nitrogens with zero attached hydrogens (tertiary/aromatic N) is 3. The van der Waals surface area contributed by atoms with E-state index in [0.29, 0.717) is 38.2 Å². The zero-order chi connectivity index (χ0) is 15.1. The van der Waals surface area contributed by atoms with Gasteiger partial charge in [0.1, 0.15) is 5.82 Å². The quantitative estimate of drug-likeness (QED) is 0.674. The number of carbonyl (C=O) groups is 2. The van der Waals surface area contributed by atoms with Gasteiger partial charge in [0, 0.05) is 38.9 Å². The van der Waals surface area contributed by atoms with Crippen LogP contribution in [-0.4, -0.2) is 51.5 Å². The van der Waals surface area contributed by atoms with Gasteiger partial charge in [-0.25, -0.2) is 0 Å². The predicted molar refractivity (Wildman–Crippen MR) is 77.2 cm³/mol. The molecule has 2 rings (SSSR count). The van der Waals surface area contributed by atoms with Crippen molar-refractivity contribution < 1.29 is 9.59 Å². The molecule has 0 aliphatic carbocycles. The van der Waals surface area contributed by atoms with Crippen LogP contribution in [0.2, 0.25) is 0 Å². The molecule has 2 amide bonds. The van der Waals surface area contributed by atoms with E-state index in [1.54, 1.807) is 4.90 Å². The van der Waals surface area contributed by atoms with Gasteiger partial charge in [0.2, 0.25) is 17.8 Å². The number of amides is 2. The van der Waals surface area contributed by atoms with E-state index in [9.17, 15) is 9.59 Å². The first-order chi connectivity index (χ1) is 10.1. The van der Waals surface area contributed by atoms with Crippen LogP contribution < -0.4 is 11.1 Å². The summed E-state index contributed by atoms with van der Waals surface area (Å²) in [4.78, 5) is 29.3. The van der Waals surface area contributed by atoms with E-state index in [1.807, 2.05) is 0 Å². The maximum Gasteiger partial charge on any atom is 0.239 e. The second-order valence-electron chi connectivity index (χ2n) is 5.18. The number of carbonyl (C=O) groups excluding carboxylic acids is 2. The predicted octanol–water partition coefficient (Wildman–Crippen LogP) is -0.162. The summed E-state index contributed by atoms with van der Waals surface area (Å²) in [5, 5.41) is 9.20. The molecule has 21 heavy (non-hydrogen) atoms. The van der Waals surface area contributed by atoms with E-state index in [-0.39, 0.29) is 17.8 Å². The van der Waals surface area contributed by atoms with E-state index >= 15 is 0 Å². The normalized spacial score (nSPS) is 15.8. The SMILES string of the molecule is Nc1n[nH]c(CCNC(=O)CCN2CCCCCC2=O)n1. The lowest BCUT2D eigenvalue weighted by Crippen LogP contribution is -2.35. The first-order valence-electron chi connectivity index (χ1n) is 7.36. The summed E-state index contributed by atoms with van der Waals surface area (Å²) in [6.07, 6.45) is 4.58. The molecule has 1 saturated heterocycles. The van der Waals surface area contributed by atoms with Crippen molar-refractivity contribution in [3.05, 3.63) is 5.82 Å². The van der Waals surface area contributed by atoms with Crippen molar-refractivity contribution in [1.29, 1.82) is 0 Å². The first-order valence-corrected chi connectivity index (χ1v) is 7.36. The van der Waals surface area contributed by atoms with Gasteiger partial charge in [0.05, 0.1) is 0 Å². The summed E-state index contributed by atoms with van der Waals surface area (Å²) >= 11 is 0. The number of H-pyrrole nitrogens is 1. The molecule has 1 aromatic heterocycles. The Balaban J connectivity index is 1.63. The standard InChI is InChI=1S/C13H22N6O2/c14-13-16-10(17-18-13)5-7-15-11(20)6-9-19-8-3-1-2-4-12(19)21/h1-9H2,(H,15,20)(H3,14,16,17,18). The van der Waals surface area contributed by atoms with Gasteiger partial charge >= 0.3 is 0 Å². The number of aromatic nitrogens is 3. The Bertz CT molecular complexity index is 487. The molecule has 1 fully saturated rings. The summed E-state index contributed by atoms with van der Waals surface area (Å²) in [7, 11) is 0. The van der Waals surface area contributed by atoms with Crippen molar-refractivity contribution in [2.24, 2.45) is 0 Å². The first kappa shape index (κ1) is 15.3. The van der Waals surface area contributed by atoms with Crippen molar-refractivity contribution in [3.63, 3.8) is 0 Å². The zero-order valence-corrected chi connectivity index (χ0v) is 12.1. The van der Waals surface area contributed by atoms with Gasteiger partial charge in [0.15, 0.2) is 0 Å². The molecule has 1 aromatic rings. The van der Waals surface area contributed by atoms with Gasteiger partial charge in [-0.05, 0) is 12.8 Å². The van der Waals surface area contributed by atoms with Crippen LogP contribution in [0.5, 0.6) is 0 Å². The van der Waals surface area contributed by atoms with Crippen molar-refractivity contribution in [2.75, 3.05) is 25.4 Å². The Kier molecular flexibility index (Phi) is 5.53. The van der Waals surface area contributed by atoms with E-state index < -0.39 is 0 Å². The molecule has 8 heteroatoms. The Hall–Kier alpha value is -2.12. The number of hydrogen-bond acceptors (Lipinski definition) is 5. The van der Waals surface area contributed by atoms with Crippen LogP contribution in [-0.2, 0) is 16.0 Å². The minimum absolute atomic E-state index is 0.0560. The second kappa shape index (κ2) is 7.61. The van der Waals surface area contributed by atoms with E-state index in [4.69, 9.17) is 5.73 Å². The highest BCUT2D eigenvalue weighted by Gasteiger charge is 2.17. The summed E-state index contributed by atoms with van der Waals surface area (Å²) < 4.78 is 0. The molecule has 1 aliphatic rings. The third kappa shape index (κ3) is 5.05. The number of hydrogen-bond donors (Lipinski definition) is 3. The molecule has 0 unspecified atom stereocenters. The summed E-state index contributed by atoms with van der Waals surface area (Å²) in [6.45, 7) is 1.74. The third-order valence-electron chi connectivity index (χ3n) is 3.51. The van der Waals surface area contributed by atoms with Gasteiger partial charge in [0.25, 0.3) is 0 Å². The van der Waals surface area contributed by atoms with Crippen molar-refractivity contribution >= 4 is 17.8 Å². The van der Waals surface area contributed by atoms with Crippen LogP contribution >= 0.6 is 0 Å². The fraction of sp³-hybridized carbons (Fsp3) is 0.692. The molecular formula is C13H22N6O2. The maximum atomic E-state index is 11.8. The highest BCUT2D eigenvalue weighted by Crippen LogP contribution is 2.11. The Morgan fingerprint density at radius 3 is 3.00 bits per heavy atom. The molecular weight excluding hydrogens is 272 g/mol. The Labute approximate surface area is 123 Å². The minimum Gasteiger partial charge on any atom is -0.367 e. The number of likely N-dealkylation sites (tertiary alicyclic amines) is 1. The summed E-state index contributed by atoms with van der Waals surface area (Å²) in [5.74, 6) is 0.962. The van der Waals surface area contributed by atoms with Crippen LogP contribution in [0.25, 0.3) is 0 Å². The van der Waals surface area contributed by atoms with Gasteiger partial charge in [-0.3, -0.25) is 14.7 Å². The molecule has 0 atom stereocenters. The Morgan fingerprint density at radius 1 is 1.38 bits per heavy atom. The average Bonchev–Trinajstić information content (AvgIpc) is 2.75. The second-order valence-corrected chi connectivity index (χ2v) is 5.18. The number of aromatic amines is 1. The topological polar surface area (TPSA) is 117 Å². The minimum atomic E-state index is -0.0560. The molecule has 116 valence electrons. The van der Waals surface area contributed by atoms with Crippen molar-refractivity contribution in [2.45, 2.75) is 38.5 Å². The fourth-order valence-corrected chi connectivity index (χ4v) is 2.34. The van der Waals surface area contributed by atoms with E-state index in [1.165, 1.54) is 0 Å². The molecule has 0 aromatic carbocycles. The smallest absolute Gasteiger partial charge is 0.239 e. The molecule has 8 nitrogen and oxygen atoms in total. The molecule has 0 radical (unpaired) electrons. The highest BCUT2D eigenvalue weighted by molar-refractivity contribution is 5.79. The Morgan fingerprint density at radius 2 is 2.24 bits per heavy atom. The van der Waals surface area contributed by atoms with Crippen LogP contribution in [0.15, 0.2) is 0 Å². The fourth-order valence-electron chi connectivity index (χ4n) is 2.34. The average molecular weight is 294 g/mol. The highest BCUT2D eigenvalue weighted by atomic mass is 16.2. The molecule has 2 heterocycles. The summed E-state index contributed by atoms with van der Waals surface area (Å²) in [6, 6.07) is 0. The number of nitrogen functional groups attached to an aromatic ring is 1. The summed E-state index contributed by atoms with van der Waals surface area (Å²) in [5.41, 5.74) is 5.39. The van der Waals surface area contributed by atoms with Gasteiger partial charge in [-0.2, -0.15) is 4.98 Å². The lowest BCUT2D eigenvalue weighted by molar-refractivity contribution is -0.131. The lowest BCUT2D eigenvalue weighted by atomic mass is 10.2. The van der Waals surface area contributed by atoms with Crippen LogP contribution in [0.4, 0.5) is 5.95 Å². The number of nitrogens with one attached hydrogen (secondary N) is 2. The van der Waals surface area contributed by atoms with E-state index in [0.717, 1.165) is 25.8 Å². The van der Waals surface area contributed by atoms with Crippen molar-refractivity contribution in [1.82, 2.24) is 25.4 Å². The molecule has 4 N–H and O–H groups in total. The number of nitrogens with two attached hydrogens (primary N) is 1. The lowest BCUT2D eigenvalue weighted by Gasteiger charge is -2.19. The van der Waals surface area contributed by atoms with Crippen molar-refractivity contribution in [3.8, 4) is 0 Å². The van der Waals surface area contributed by atoms with Gasteiger partial charge in [-0.15, -0.1) is 5.10 Å².